The summed E-state index contributed by atoms with van der Waals surface area (Å²) >= 11 is 0. The van der Waals surface area contributed by atoms with E-state index in [-0.39, 0.29) is 23.9 Å². The molecule has 0 aliphatic carbocycles. The molecule has 0 rings (SSSR count). The SMILES string of the molecule is CC(C)NC(C(=O)NC(C)C(=O)O)C(C)C. The van der Waals surface area contributed by atoms with Crippen molar-refractivity contribution >= 4 is 11.9 Å². The van der Waals surface area contributed by atoms with Gasteiger partial charge in [-0.1, -0.05) is 27.7 Å². The fraction of sp³-hybridized carbons (Fsp3) is 0.818. The number of rotatable bonds is 6. The van der Waals surface area contributed by atoms with Crippen LogP contribution in [0, 0.1) is 5.92 Å². The van der Waals surface area contributed by atoms with E-state index < -0.39 is 12.0 Å². The molecule has 2 atom stereocenters. The molecule has 16 heavy (non-hydrogen) atoms. The molecular formula is C11H22N2O3. The average molecular weight is 230 g/mol. The molecular weight excluding hydrogens is 208 g/mol. The Morgan fingerprint density at radius 2 is 1.56 bits per heavy atom. The van der Waals surface area contributed by atoms with Crippen LogP contribution >= 0.6 is 0 Å². The second kappa shape index (κ2) is 6.48. The third kappa shape index (κ3) is 5.11. The molecule has 0 saturated heterocycles. The van der Waals surface area contributed by atoms with Gasteiger partial charge in [0.05, 0.1) is 6.04 Å². The number of carboxylic acid groups (broad SMARTS) is 1. The van der Waals surface area contributed by atoms with Crippen molar-refractivity contribution in [3.63, 3.8) is 0 Å². The van der Waals surface area contributed by atoms with E-state index in [1.165, 1.54) is 6.92 Å². The van der Waals surface area contributed by atoms with Crippen LogP contribution in [0.3, 0.4) is 0 Å². The average Bonchev–Trinajstić information content (AvgIpc) is 2.12. The maximum Gasteiger partial charge on any atom is 0.325 e. The highest BCUT2D eigenvalue weighted by Gasteiger charge is 2.25. The molecule has 5 nitrogen and oxygen atoms in total. The fourth-order valence-electron chi connectivity index (χ4n) is 1.29. The maximum atomic E-state index is 11.8. The van der Waals surface area contributed by atoms with E-state index in [4.69, 9.17) is 5.11 Å². The summed E-state index contributed by atoms with van der Waals surface area (Å²) in [4.78, 5) is 22.4. The van der Waals surface area contributed by atoms with Crippen LogP contribution in [-0.2, 0) is 9.59 Å². The van der Waals surface area contributed by atoms with E-state index in [1.54, 1.807) is 0 Å². The van der Waals surface area contributed by atoms with E-state index in [0.717, 1.165) is 0 Å². The van der Waals surface area contributed by atoms with Crippen LogP contribution in [0.2, 0.25) is 0 Å². The standard InChI is InChI=1S/C11H22N2O3/c1-6(2)9(12-7(3)4)10(14)13-8(5)11(15)16/h6-9,12H,1-5H3,(H,13,14)(H,15,16). The molecule has 0 fully saturated rings. The van der Waals surface area contributed by atoms with Crippen molar-refractivity contribution in [1.82, 2.24) is 10.6 Å². The van der Waals surface area contributed by atoms with E-state index in [1.807, 2.05) is 27.7 Å². The first kappa shape index (κ1) is 14.9. The van der Waals surface area contributed by atoms with Crippen LogP contribution in [0.4, 0.5) is 0 Å². The van der Waals surface area contributed by atoms with Gasteiger partial charge in [0, 0.05) is 6.04 Å². The lowest BCUT2D eigenvalue weighted by Gasteiger charge is -2.24. The third-order valence-electron chi connectivity index (χ3n) is 2.19. The van der Waals surface area contributed by atoms with E-state index in [2.05, 4.69) is 10.6 Å². The maximum absolute atomic E-state index is 11.8. The monoisotopic (exact) mass is 230 g/mol. The first-order valence-corrected chi connectivity index (χ1v) is 5.55. The number of amides is 1. The smallest absolute Gasteiger partial charge is 0.325 e. The molecule has 0 aromatic carbocycles. The van der Waals surface area contributed by atoms with Crippen molar-refractivity contribution in [3.05, 3.63) is 0 Å². The molecule has 0 bridgehead atoms. The summed E-state index contributed by atoms with van der Waals surface area (Å²) in [5, 5.41) is 14.3. The van der Waals surface area contributed by atoms with Gasteiger partial charge in [0.15, 0.2) is 0 Å². The summed E-state index contributed by atoms with van der Waals surface area (Å²) in [5.41, 5.74) is 0. The van der Waals surface area contributed by atoms with Crippen LogP contribution in [0.15, 0.2) is 0 Å². The molecule has 0 aromatic rings. The van der Waals surface area contributed by atoms with Crippen molar-refractivity contribution in [1.29, 1.82) is 0 Å². The van der Waals surface area contributed by atoms with E-state index in [9.17, 15) is 9.59 Å². The van der Waals surface area contributed by atoms with Gasteiger partial charge in [-0.3, -0.25) is 9.59 Å². The number of carboxylic acids is 1. The molecule has 0 aromatic heterocycles. The summed E-state index contributed by atoms with van der Waals surface area (Å²) in [6, 6.07) is -1.04. The van der Waals surface area contributed by atoms with Gasteiger partial charge in [-0.25, -0.2) is 0 Å². The zero-order valence-electron chi connectivity index (χ0n) is 10.6. The largest absolute Gasteiger partial charge is 0.480 e. The molecule has 94 valence electrons. The Balaban J connectivity index is 4.44. The summed E-state index contributed by atoms with van der Waals surface area (Å²) in [6.07, 6.45) is 0. The lowest BCUT2D eigenvalue weighted by atomic mass is 10.0. The molecule has 0 aliphatic heterocycles. The number of carbonyl (C=O) groups excluding carboxylic acids is 1. The minimum absolute atomic E-state index is 0.114. The van der Waals surface area contributed by atoms with Gasteiger partial charge in [0.25, 0.3) is 0 Å². The molecule has 3 N–H and O–H groups in total. The number of carbonyl (C=O) groups is 2. The van der Waals surface area contributed by atoms with Crippen molar-refractivity contribution in [2.45, 2.75) is 52.7 Å². The molecule has 0 spiro atoms. The van der Waals surface area contributed by atoms with Gasteiger partial charge in [-0.15, -0.1) is 0 Å². The van der Waals surface area contributed by atoms with Crippen LogP contribution in [0.1, 0.15) is 34.6 Å². The molecule has 2 unspecified atom stereocenters. The topological polar surface area (TPSA) is 78.4 Å². The minimum atomic E-state index is -1.03. The molecule has 0 saturated carbocycles. The molecule has 1 amide bonds. The van der Waals surface area contributed by atoms with Gasteiger partial charge in [-0.2, -0.15) is 0 Å². The number of hydrogen-bond acceptors (Lipinski definition) is 3. The Kier molecular flexibility index (Phi) is 6.03. The lowest BCUT2D eigenvalue weighted by molar-refractivity contribution is -0.141. The summed E-state index contributed by atoms with van der Waals surface area (Å²) in [5.74, 6) is -1.18. The zero-order valence-corrected chi connectivity index (χ0v) is 10.6. The Morgan fingerprint density at radius 3 is 1.88 bits per heavy atom. The first-order chi connectivity index (χ1) is 7.25. The quantitative estimate of drug-likeness (QED) is 0.624. The number of aliphatic carboxylic acids is 1. The molecule has 0 heterocycles. The van der Waals surface area contributed by atoms with Crippen LogP contribution in [0.25, 0.3) is 0 Å². The van der Waals surface area contributed by atoms with Crippen molar-refractivity contribution < 1.29 is 14.7 Å². The van der Waals surface area contributed by atoms with Crippen molar-refractivity contribution in [3.8, 4) is 0 Å². The Labute approximate surface area is 96.6 Å². The molecule has 5 heteroatoms. The van der Waals surface area contributed by atoms with Crippen LogP contribution < -0.4 is 10.6 Å². The predicted octanol–water partition coefficient (Wildman–Crippen LogP) is 0.598. The van der Waals surface area contributed by atoms with Gasteiger partial charge in [0.1, 0.15) is 6.04 Å². The number of nitrogens with one attached hydrogen (secondary N) is 2. The summed E-state index contributed by atoms with van der Waals surface area (Å²) in [7, 11) is 0. The molecule has 0 aliphatic rings. The van der Waals surface area contributed by atoms with Gasteiger partial charge in [-0.05, 0) is 12.8 Å². The Morgan fingerprint density at radius 1 is 1.06 bits per heavy atom. The van der Waals surface area contributed by atoms with Crippen molar-refractivity contribution in [2.24, 2.45) is 5.92 Å². The van der Waals surface area contributed by atoms with Crippen molar-refractivity contribution in [2.75, 3.05) is 0 Å². The summed E-state index contributed by atoms with van der Waals surface area (Å²) < 4.78 is 0. The zero-order chi connectivity index (χ0) is 12.9. The third-order valence-corrected chi connectivity index (χ3v) is 2.19. The highest BCUT2D eigenvalue weighted by atomic mass is 16.4. The number of hydrogen-bond donors (Lipinski definition) is 3. The Hall–Kier alpha value is -1.10. The molecule has 0 radical (unpaired) electrons. The van der Waals surface area contributed by atoms with Gasteiger partial charge >= 0.3 is 5.97 Å². The summed E-state index contributed by atoms with van der Waals surface area (Å²) in [6.45, 7) is 9.19. The predicted molar refractivity (Wildman–Crippen MR) is 62.1 cm³/mol. The fourth-order valence-corrected chi connectivity index (χ4v) is 1.29. The Bertz CT molecular complexity index is 252. The highest BCUT2D eigenvalue weighted by Crippen LogP contribution is 2.03. The lowest BCUT2D eigenvalue weighted by Crippen LogP contribution is -2.53. The minimum Gasteiger partial charge on any atom is -0.480 e. The second-order valence-electron chi connectivity index (χ2n) is 4.61. The van der Waals surface area contributed by atoms with Gasteiger partial charge in [0.2, 0.25) is 5.91 Å². The van der Waals surface area contributed by atoms with Crippen LogP contribution in [-0.4, -0.2) is 35.1 Å². The van der Waals surface area contributed by atoms with Crippen LogP contribution in [0.5, 0.6) is 0 Å². The first-order valence-electron chi connectivity index (χ1n) is 5.55. The van der Waals surface area contributed by atoms with E-state index >= 15 is 0 Å². The van der Waals surface area contributed by atoms with E-state index in [0.29, 0.717) is 0 Å². The van der Waals surface area contributed by atoms with Gasteiger partial charge < -0.3 is 15.7 Å². The second-order valence-corrected chi connectivity index (χ2v) is 4.61. The normalized spacial score (nSPS) is 14.9. The highest BCUT2D eigenvalue weighted by molar-refractivity contribution is 5.86.